The van der Waals surface area contributed by atoms with E-state index in [2.05, 4.69) is 19.6 Å². The summed E-state index contributed by atoms with van der Waals surface area (Å²) in [5.74, 6) is 0. The molecule has 2 nitrogen and oxygen atoms in total. The Hall–Kier alpha value is -1.42. The Balaban J connectivity index is 2.32. The van der Waals surface area contributed by atoms with Gasteiger partial charge in [0.05, 0.1) is 0 Å². The lowest BCUT2D eigenvalue weighted by Crippen LogP contribution is -2.30. The maximum absolute atomic E-state index is 10.7. The van der Waals surface area contributed by atoms with Crippen molar-refractivity contribution in [1.29, 1.82) is 0 Å². The molecule has 0 fully saturated rings. The molecule has 0 aliphatic carbocycles. The molecule has 3 heteroatoms. The smallest absolute Gasteiger partial charge is 0.184 e. The summed E-state index contributed by atoms with van der Waals surface area (Å²) in [7, 11) is -1.76. The standard InChI is InChI=1S/C17H22O2Si/c1-20(2,3)19-17(15-12-8-5-9-13-15)16(18)14-10-6-4-7-11-14/h4-13,16-18H,1-3H3/t16-,17+/m1/s1. The highest BCUT2D eigenvalue weighted by molar-refractivity contribution is 6.69. The van der Waals surface area contributed by atoms with E-state index in [0.717, 1.165) is 11.1 Å². The lowest BCUT2D eigenvalue weighted by atomic mass is 9.98. The minimum absolute atomic E-state index is 0.315. The fourth-order valence-electron chi connectivity index (χ4n) is 2.16. The van der Waals surface area contributed by atoms with Crippen LogP contribution in [0.4, 0.5) is 0 Å². The van der Waals surface area contributed by atoms with Gasteiger partial charge in [0.15, 0.2) is 8.32 Å². The number of aliphatic hydroxyl groups excluding tert-OH is 1. The molecule has 1 N–H and O–H groups in total. The maximum atomic E-state index is 10.7. The highest BCUT2D eigenvalue weighted by Crippen LogP contribution is 2.34. The monoisotopic (exact) mass is 286 g/mol. The minimum Gasteiger partial charge on any atom is -0.408 e. The number of hydrogen-bond donors (Lipinski definition) is 1. The third-order valence-corrected chi connectivity index (χ3v) is 4.00. The summed E-state index contributed by atoms with van der Waals surface area (Å²) in [6.45, 7) is 6.42. The molecule has 2 aromatic carbocycles. The van der Waals surface area contributed by atoms with E-state index in [0.29, 0.717) is 0 Å². The van der Waals surface area contributed by atoms with Crippen LogP contribution in [0.25, 0.3) is 0 Å². The molecule has 2 rings (SSSR count). The zero-order chi connectivity index (χ0) is 14.6. The molecule has 0 saturated carbocycles. The summed E-state index contributed by atoms with van der Waals surface area (Å²) in [5, 5.41) is 10.7. The average molecular weight is 286 g/mol. The zero-order valence-corrected chi connectivity index (χ0v) is 13.3. The molecule has 0 amide bonds. The number of aliphatic hydroxyl groups is 1. The van der Waals surface area contributed by atoms with E-state index in [-0.39, 0.29) is 6.10 Å². The normalized spacial score (nSPS) is 14.8. The van der Waals surface area contributed by atoms with Crippen molar-refractivity contribution in [3.05, 3.63) is 71.8 Å². The summed E-state index contributed by atoms with van der Waals surface area (Å²) in [4.78, 5) is 0. The third kappa shape index (κ3) is 4.03. The molecular formula is C17H22O2Si. The SMILES string of the molecule is C[Si](C)(C)O[C@@H](c1ccccc1)[C@H](O)c1ccccc1. The van der Waals surface area contributed by atoms with Crippen molar-refractivity contribution in [2.45, 2.75) is 31.8 Å². The summed E-state index contributed by atoms with van der Waals surface area (Å²) >= 11 is 0. The number of benzene rings is 2. The van der Waals surface area contributed by atoms with Gasteiger partial charge < -0.3 is 9.53 Å². The molecular weight excluding hydrogens is 264 g/mol. The zero-order valence-electron chi connectivity index (χ0n) is 12.3. The second kappa shape index (κ2) is 6.35. The van der Waals surface area contributed by atoms with Gasteiger partial charge in [-0.05, 0) is 30.8 Å². The first-order chi connectivity index (χ1) is 9.47. The van der Waals surface area contributed by atoms with Crippen molar-refractivity contribution in [1.82, 2.24) is 0 Å². The maximum Gasteiger partial charge on any atom is 0.184 e. The van der Waals surface area contributed by atoms with E-state index >= 15 is 0 Å². The van der Waals surface area contributed by atoms with Crippen LogP contribution >= 0.6 is 0 Å². The van der Waals surface area contributed by atoms with E-state index in [4.69, 9.17) is 4.43 Å². The van der Waals surface area contributed by atoms with Gasteiger partial charge in [-0.1, -0.05) is 60.7 Å². The van der Waals surface area contributed by atoms with Crippen LogP contribution in [0, 0.1) is 0 Å². The van der Waals surface area contributed by atoms with Crippen LogP contribution in [0.1, 0.15) is 23.3 Å². The summed E-state index contributed by atoms with van der Waals surface area (Å²) in [5.41, 5.74) is 1.91. The van der Waals surface area contributed by atoms with Crippen molar-refractivity contribution < 1.29 is 9.53 Å². The Morgan fingerprint density at radius 1 is 0.800 bits per heavy atom. The fraction of sp³-hybridized carbons (Fsp3) is 0.294. The van der Waals surface area contributed by atoms with Gasteiger partial charge in [0.25, 0.3) is 0 Å². The van der Waals surface area contributed by atoms with Crippen LogP contribution in [0.2, 0.25) is 19.6 Å². The predicted molar refractivity (Wildman–Crippen MR) is 85.0 cm³/mol. The summed E-state index contributed by atoms with van der Waals surface area (Å²) in [6, 6.07) is 19.7. The topological polar surface area (TPSA) is 29.5 Å². The average Bonchev–Trinajstić information content (AvgIpc) is 2.45. The number of rotatable bonds is 5. The van der Waals surface area contributed by atoms with Crippen LogP contribution in [-0.4, -0.2) is 13.4 Å². The predicted octanol–water partition coefficient (Wildman–Crippen LogP) is 4.31. The highest BCUT2D eigenvalue weighted by atomic mass is 28.4. The quantitative estimate of drug-likeness (QED) is 0.830. The fourth-order valence-corrected chi connectivity index (χ4v) is 3.19. The highest BCUT2D eigenvalue weighted by Gasteiger charge is 2.28. The number of hydrogen-bond acceptors (Lipinski definition) is 2. The molecule has 106 valence electrons. The van der Waals surface area contributed by atoms with Gasteiger partial charge in [-0.25, -0.2) is 0 Å². The van der Waals surface area contributed by atoms with Crippen LogP contribution in [0.3, 0.4) is 0 Å². The Morgan fingerprint density at radius 2 is 1.25 bits per heavy atom. The Kier molecular flexibility index (Phi) is 4.76. The second-order valence-corrected chi connectivity index (χ2v) is 10.4. The van der Waals surface area contributed by atoms with Crippen molar-refractivity contribution in [2.24, 2.45) is 0 Å². The largest absolute Gasteiger partial charge is 0.408 e. The van der Waals surface area contributed by atoms with E-state index < -0.39 is 14.4 Å². The first-order valence-corrected chi connectivity index (χ1v) is 10.3. The molecule has 0 spiro atoms. The first kappa shape index (κ1) is 15.0. The molecule has 0 heterocycles. The minimum atomic E-state index is -1.76. The molecule has 0 unspecified atom stereocenters. The summed E-state index contributed by atoms with van der Waals surface area (Å²) < 4.78 is 6.23. The molecule has 20 heavy (non-hydrogen) atoms. The Morgan fingerprint density at radius 3 is 1.70 bits per heavy atom. The van der Waals surface area contributed by atoms with Gasteiger partial charge in [0, 0.05) is 0 Å². The van der Waals surface area contributed by atoms with Crippen LogP contribution in [0.15, 0.2) is 60.7 Å². The van der Waals surface area contributed by atoms with E-state index in [9.17, 15) is 5.11 Å². The molecule has 0 aromatic heterocycles. The van der Waals surface area contributed by atoms with E-state index in [1.165, 1.54) is 0 Å². The third-order valence-electron chi connectivity index (χ3n) is 3.04. The molecule has 0 aliphatic rings. The van der Waals surface area contributed by atoms with Crippen LogP contribution < -0.4 is 0 Å². The molecule has 0 bridgehead atoms. The van der Waals surface area contributed by atoms with Gasteiger partial charge in [0.2, 0.25) is 0 Å². The van der Waals surface area contributed by atoms with Gasteiger partial charge >= 0.3 is 0 Å². The van der Waals surface area contributed by atoms with Crippen LogP contribution in [0.5, 0.6) is 0 Å². The lowest BCUT2D eigenvalue weighted by Gasteiger charge is -2.30. The Labute approximate surface area is 122 Å². The Bertz CT molecular complexity index is 520. The molecule has 0 saturated heterocycles. The van der Waals surface area contributed by atoms with Crippen molar-refractivity contribution in [2.75, 3.05) is 0 Å². The van der Waals surface area contributed by atoms with E-state index in [1.54, 1.807) is 0 Å². The summed E-state index contributed by atoms with van der Waals surface area (Å²) in [6.07, 6.45) is -0.962. The first-order valence-electron chi connectivity index (χ1n) is 6.93. The molecule has 2 atom stereocenters. The van der Waals surface area contributed by atoms with Crippen molar-refractivity contribution >= 4 is 8.32 Å². The molecule has 0 aliphatic heterocycles. The van der Waals surface area contributed by atoms with Gasteiger partial charge in [-0.15, -0.1) is 0 Å². The van der Waals surface area contributed by atoms with Crippen molar-refractivity contribution in [3.8, 4) is 0 Å². The van der Waals surface area contributed by atoms with Gasteiger partial charge in [-0.3, -0.25) is 0 Å². The van der Waals surface area contributed by atoms with Crippen molar-refractivity contribution in [3.63, 3.8) is 0 Å². The molecule has 0 radical (unpaired) electrons. The second-order valence-electron chi connectivity index (χ2n) is 5.92. The van der Waals surface area contributed by atoms with Gasteiger partial charge in [0.1, 0.15) is 12.2 Å². The van der Waals surface area contributed by atoms with Crippen LogP contribution in [-0.2, 0) is 4.43 Å². The van der Waals surface area contributed by atoms with Gasteiger partial charge in [-0.2, -0.15) is 0 Å². The van der Waals surface area contributed by atoms with E-state index in [1.807, 2.05) is 60.7 Å². The molecule has 2 aromatic rings. The lowest BCUT2D eigenvalue weighted by molar-refractivity contribution is 0.0294.